The van der Waals surface area contributed by atoms with Gasteiger partial charge in [-0.25, -0.2) is 4.39 Å². The largest absolute Gasteiger partial charge is 0.311 e. The second-order valence-electron chi connectivity index (χ2n) is 5.06. The molecule has 1 aromatic rings. The monoisotopic (exact) mass is 265 g/mol. The van der Waals surface area contributed by atoms with Crippen molar-refractivity contribution in [3.63, 3.8) is 0 Å². The van der Waals surface area contributed by atoms with E-state index < -0.39 is 5.79 Å². The highest BCUT2D eigenvalue weighted by molar-refractivity contribution is 5.97. The lowest BCUT2D eigenvalue weighted by molar-refractivity contribution is -0.250. The molecule has 1 heterocycles. The number of carbonyl (C=O) groups excluding carboxylic acids is 1. The predicted octanol–water partition coefficient (Wildman–Crippen LogP) is 3.67. The number of alkyl halides is 1. The van der Waals surface area contributed by atoms with Crippen molar-refractivity contribution in [3.05, 3.63) is 35.4 Å². The number of benzene rings is 1. The van der Waals surface area contributed by atoms with Gasteiger partial charge >= 0.3 is 0 Å². The van der Waals surface area contributed by atoms with Crippen molar-refractivity contribution in [2.75, 3.05) is 6.54 Å². The lowest BCUT2D eigenvalue weighted by Gasteiger charge is -2.37. The Kier molecular flexibility index (Phi) is 4.32. The fraction of sp³-hybridized carbons (Fsp3) is 0.533. The number of nitrogens with zero attached hydrogens (tertiary/aromatic N) is 1. The minimum Gasteiger partial charge on any atom is -0.311 e. The maximum Gasteiger partial charge on any atom is 0.211 e. The Labute approximate surface area is 113 Å². The van der Waals surface area contributed by atoms with Gasteiger partial charge in [-0.2, -0.15) is 5.06 Å². The first-order chi connectivity index (χ1) is 9.09. The van der Waals surface area contributed by atoms with E-state index in [1.54, 1.807) is 24.3 Å². The van der Waals surface area contributed by atoms with Crippen molar-refractivity contribution in [2.24, 2.45) is 0 Å². The predicted molar refractivity (Wildman–Crippen MR) is 70.8 cm³/mol. The Hall–Kier alpha value is -1.26. The van der Waals surface area contributed by atoms with Gasteiger partial charge in [0, 0.05) is 30.5 Å². The molecule has 4 heteroatoms. The molecule has 1 atom stereocenters. The molecule has 0 spiro atoms. The van der Waals surface area contributed by atoms with Gasteiger partial charge in [0.1, 0.15) is 0 Å². The van der Waals surface area contributed by atoms with Gasteiger partial charge in [-0.15, -0.1) is 0 Å². The van der Waals surface area contributed by atoms with Gasteiger partial charge in [0.2, 0.25) is 5.79 Å². The molecule has 0 bridgehead atoms. The SMILES string of the molecule is CCCC(=O)c1ccccc1C1(F)CCCCN1O. The van der Waals surface area contributed by atoms with Crippen LogP contribution in [0.25, 0.3) is 0 Å². The molecule has 2 rings (SSSR count). The third-order valence-corrected chi connectivity index (χ3v) is 3.65. The zero-order valence-electron chi connectivity index (χ0n) is 11.2. The Morgan fingerprint density at radius 1 is 1.42 bits per heavy atom. The minimum absolute atomic E-state index is 0.0610. The molecule has 1 unspecified atom stereocenters. The summed E-state index contributed by atoms with van der Waals surface area (Å²) in [5.41, 5.74) is 0.698. The smallest absolute Gasteiger partial charge is 0.211 e. The molecule has 1 N–H and O–H groups in total. The van der Waals surface area contributed by atoms with Crippen molar-refractivity contribution in [3.8, 4) is 0 Å². The van der Waals surface area contributed by atoms with Crippen LogP contribution in [0.1, 0.15) is 54.9 Å². The highest BCUT2D eigenvalue weighted by atomic mass is 19.1. The third-order valence-electron chi connectivity index (χ3n) is 3.65. The molecule has 1 saturated heterocycles. The first-order valence-corrected chi connectivity index (χ1v) is 6.87. The summed E-state index contributed by atoms with van der Waals surface area (Å²) in [6, 6.07) is 6.71. The summed E-state index contributed by atoms with van der Waals surface area (Å²) in [7, 11) is 0. The molecule has 1 aromatic carbocycles. The molecule has 19 heavy (non-hydrogen) atoms. The van der Waals surface area contributed by atoms with E-state index in [4.69, 9.17) is 0 Å². The summed E-state index contributed by atoms with van der Waals surface area (Å²) >= 11 is 0. The van der Waals surface area contributed by atoms with Crippen molar-refractivity contribution in [1.29, 1.82) is 0 Å². The van der Waals surface area contributed by atoms with Crippen LogP contribution in [0.15, 0.2) is 24.3 Å². The van der Waals surface area contributed by atoms with Crippen molar-refractivity contribution in [1.82, 2.24) is 5.06 Å². The summed E-state index contributed by atoms with van der Waals surface area (Å²) in [5, 5.41) is 10.6. The average molecular weight is 265 g/mol. The summed E-state index contributed by atoms with van der Waals surface area (Å²) < 4.78 is 15.1. The molecule has 0 radical (unpaired) electrons. The number of halogens is 1. The second kappa shape index (κ2) is 5.80. The van der Waals surface area contributed by atoms with Crippen LogP contribution >= 0.6 is 0 Å². The van der Waals surface area contributed by atoms with Crippen LogP contribution in [-0.2, 0) is 5.79 Å². The first kappa shape index (κ1) is 14.2. The molecule has 0 saturated carbocycles. The molecular weight excluding hydrogens is 245 g/mol. The molecule has 1 fully saturated rings. The van der Waals surface area contributed by atoms with E-state index in [-0.39, 0.29) is 12.2 Å². The quantitative estimate of drug-likeness (QED) is 0.667. The number of rotatable bonds is 4. The fourth-order valence-corrected chi connectivity index (χ4v) is 2.62. The van der Waals surface area contributed by atoms with E-state index in [1.165, 1.54) is 0 Å². The van der Waals surface area contributed by atoms with Gasteiger partial charge in [-0.05, 0) is 19.3 Å². The topological polar surface area (TPSA) is 40.5 Å². The van der Waals surface area contributed by atoms with Crippen LogP contribution in [0.3, 0.4) is 0 Å². The molecule has 104 valence electrons. The molecule has 3 nitrogen and oxygen atoms in total. The van der Waals surface area contributed by atoms with Gasteiger partial charge < -0.3 is 5.21 Å². The van der Waals surface area contributed by atoms with Gasteiger partial charge in [0.25, 0.3) is 0 Å². The Bertz CT molecular complexity index is 463. The summed E-state index contributed by atoms with van der Waals surface area (Å²) in [6.07, 6.45) is 2.84. The van der Waals surface area contributed by atoms with Crippen LogP contribution in [0.2, 0.25) is 0 Å². The number of Topliss-reactive ketones (excluding diaryl/α,β-unsaturated/α-hetero) is 1. The first-order valence-electron chi connectivity index (χ1n) is 6.87. The zero-order chi connectivity index (χ0) is 13.9. The lowest BCUT2D eigenvalue weighted by atomic mass is 9.88. The molecule has 1 aliphatic heterocycles. The second-order valence-corrected chi connectivity index (χ2v) is 5.06. The Morgan fingerprint density at radius 3 is 2.84 bits per heavy atom. The van der Waals surface area contributed by atoms with E-state index in [0.717, 1.165) is 17.9 Å². The van der Waals surface area contributed by atoms with E-state index in [1.807, 2.05) is 6.92 Å². The van der Waals surface area contributed by atoms with Crippen LogP contribution in [0.5, 0.6) is 0 Å². The molecule has 1 aliphatic rings. The van der Waals surface area contributed by atoms with Crippen LogP contribution in [0, 0.1) is 0 Å². The van der Waals surface area contributed by atoms with E-state index in [0.29, 0.717) is 30.5 Å². The van der Waals surface area contributed by atoms with Crippen molar-refractivity contribution >= 4 is 5.78 Å². The van der Waals surface area contributed by atoms with Crippen LogP contribution < -0.4 is 0 Å². The van der Waals surface area contributed by atoms with Gasteiger partial charge in [-0.1, -0.05) is 31.2 Å². The Morgan fingerprint density at radius 2 is 2.16 bits per heavy atom. The fourth-order valence-electron chi connectivity index (χ4n) is 2.62. The maximum atomic E-state index is 15.1. The normalized spacial score (nSPS) is 24.4. The van der Waals surface area contributed by atoms with Crippen molar-refractivity contribution in [2.45, 2.75) is 44.8 Å². The number of hydrogen-bond donors (Lipinski definition) is 1. The number of hydroxylamine groups is 2. The summed E-state index contributed by atoms with van der Waals surface area (Å²) in [4.78, 5) is 12.1. The van der Waals surface area contributed by atoms with Gasteiger partial charge in [0.05, 0.1) is 0 Å². The van der Waals surface area contributed by atoms with Gasteiger partial charge in [0.15, 0.2) is 5.78 Å². The maximum absolute atomic E-state index is 15.1. The number of piperidine rings is 1. The zero-order valence-corrected chi connectivity index (χ0v) is 11.2. The van der Waals surface area contributed by atoms with Gasteiger partial charge in [-0.3, -0.25) is 4.79 Å². The van der Waals surface area contributed by atoms with Crippen LogP contribution in [-0.4, -0.2) is 22.6 Å². The number of ketones is 1. The van der Waals surface area contributed by atoms with Crippen molar-refractivity contribution < 1.29 is 14.4 Å². The van der Waals surface area contributed by atoms with E-state index in [9.17, 15) is 10.0 Å². The number of hydrogen-bond acceptors (Lipinski definition) is 3. The third kappa shape index (κ3) is 2.69. The van der Waals surface area contributed by atoms with E-state index in [2.05, 4.69) is 0 Å². The number of carbonyl (C=O) groups is 1. The minimum atomic E-state index is -1.93. The molecular formula is C15H20FNO2. The average Bonchev–Trinajstić information content (AvgIpc) is 2.42. The highest BCUT2D eigenvalue weighted by Crippen LogP contribution is 2.39. The molecule has 0 aromatic heterocycles. The molecule has 0 aliphatic carbocycles. The van der Waals surface area contributed by atoms with Crippen LogP contribution in [0.4, 0.5) is 4.39 Å². The van der Waals surface area contributed by atoms with E-state index >= 15 is 4.39 Å². The Balaban J connectivity index is 2.41. The lowest BCUT2D eigenvalue weighted by Crippen LogP contribution is -2.44. The summed E-state index contributed by atoms with van der Waals surface area (Å²) in [6.45, 7) is 2.22. The standard InChI is InChI=1S/C15H20FNO2/c1-2-7-14(18)12-8-3-4-9-13(12)15(16)10-5-6-11-17(15)19/h3-4,8-9,19H,2,5-7,10-11H2,1H3. The highest BCUT2D eigenvalue weighted by Gasteiger charge is 2.42. The summed E-state index contributed by atoms with van der Waals surface area (Å²) in [5.74, 6) is -1.99. The molecule has 0 amide bonds.